The van der Waals surface area contributed by atoms with Crippen molar-refractivity contribution in [2.24, 2.45) is 10.9 Å². The number of hydrogen-bond donors (Lipinski definition) is 1. The number of halogens is 1. The van der Waals surface area contributed by atoms with Crippen LogP contribution in [0.25, 0.3) is 0 Å². The van der Waals surface area contributed by atoms with Crippen LogP contribution in [-0.4, -0.2) is 69.4 Å². The van der Waals surface area contributed by atoms with Crippen LogP contribution in [0.2, 0.25) is 0 Å². The average molecular weight is 574 g/mol. The largest absolute Gasteiger partial charge is 0.494 e. The molecule has 2 fully saturated rings. The molecule has 0 amide bonds. The van der Waals surface area contributed by atoms with Crippen LogP contribution in [0.4, 0.5) is 0 Å². The zero-order chi connectivity index (χ0) is 22.8. The lowest BCUT2D eigenvalue weighted by atomic mass is 9.74. The van der Waals surface area contributed by atoms with Crippen molar-refractivity contribution < 1.29 is 19.0 Å². The number of nitrogens with zero attached hydrogens (tertiary/aromatic N) is 2. The van der Waals surface area contributed by atoms with Gasteiger partial charge in [0.1, 0.15) is 5.75 Å². The van der Waals surface area contributed by atoms with Crippen LogP contribution in [0.15, 0.2) is 29.3 Å². The molecular weight excluding hydrogens is 533 g/mol. The Bertz CT molecular complexity index is 743. The maximum absolute atomic E-state index is 12.1. The first-order valence-electron chi connectivity index (χ1n) is 12.1. The van der Waals surface area contributed by atoms with Gasteiger partial charge in [0.15, 0.2) is 5.96 Å². The predicted molar refractivity (Wildman–Crippen MR) is 142 cm³/mol. The smallest absolute Gasteiger partial charge is 0.309 e. The molecule has 8 heteroatoms. The Balaban J connectivity index is 0.00000385. The summed E-state index contributed by atoms with van der Waals surface area (Å²) < 4.78 is 16.5. The van der Waals surface area contributed by atoms with Gasteiger partial charge in [0.2, 0.25) is 0 Å². The van der Waals surface area contributed by atoms with Gasteiger partial charge in [0.25, 0.3) is 0 Å². The Morgan fingerprint density at radius 3 is 2.36 bits per heavy atom. The molecule has 0 atom stereocenters. The summed E-state index contributed by atoms with van der Waals surface area (Å²) in [6, 6.07) is 8.49. The summed E-state index contributed by atoms with van der Waals surface area (Å²) in [5.41, 5.74) is 1.26. The number of rotatable bonds is 8. The summed E-state index contributed by atoms with van der Waals surface area (Å²) >= 11 is 0. The average Bonchev–Trinajstić information content (AvgIpc) is 2.83. The van der Waals surface area contributed by atoms with Crippen molar-refractivity contribution in [1.29, 1.82) is 0 Å². The van der Waals surface area contributed by atoms with Gasteiger partial charge >= 0.3 is 5.97 Å². The number of piperidine rings is 1. The molecule has 1 aromatic carbocycles. The quantitative estimate of drug-likeness (QED) is 0.220. The SMILES string of the molecule is CCNC(=NCC1(c2ccc(OCC)cc2)CCOCC1)N1CCC(C(=O)OCC)CC1.I. The highest BCUT2D eigenvalue weighted by Crippen LogP contribution is 2.36. The zero-order valence-corrected chi connectivity index (χ0v) is 22.6. The highest BCUT2D eigenvalue weighted by Gasteiger charge is 2.35. The lowest BCUT2D eigenvalue weighted by Gasteiger charge is -2.38. The van der Waals surface area contributed by atoms with Crippen LogP contribution in [0.5, 0.6) is 5.75 Å². The highest BCUT2D eigenvalue weighted by molar-refractivity contribution is 14.0. The minimum absolute atomic E-state index is 0. The van der Waals surface area contributed by atoms with Crippen LogP contribution in [-0.2, 0) is 19.7 Å². The van der Waals surface area contributed by atoms with Gasteiger partial charge in [-0.1, -0.05) is 12.1 Å². The van der Waals surface area contributed by atoms with Crippen molar-refractivity contribution in [3.63, 3.8) is 0 Å². The van der Waals surface area contributed by atoms with Crippen molar-refractivity contribution in [3.05, 3.63) is 29.8 Å². The van der Waals surface area contributed by atoms with Crippen LogP contribution >= 0.6 is 24.0 Å². The third-order valence-electron chi connectivity index (χ3n) is 6.51. The molecule has 3 rings (SSSR count). The lowest BCUT2D eigenvalue weighted by molar-refractivity contribution is -0.149. The number of nitrogens with one attached hydrogen (secondary N) is 1. The second kappa shape index (κ2) is 14.0. The number of carbonyl (C=O) groups is 1. The van der Waals surface area contributed by atoms with Crippen molar-refractivity contribution in [1.82, 2.24) is 10.2 Å². The molecule has 2 aliphatic heterocycles. The van der Waals surface area contributed by atoms with E-state index >= 15 is 0 Å². The minimum atomic E-state index is -0.0641. The predicted octanol–water partition coefficient (Wildman–Crippen LogP) is 3.99. The molecule has 0 unspecified atom stereocenters. The van der Waals surface area contributed by atoms with Gasteiger partial charge in [-0.15, -0.1) is 24.0 Å². The third-order valence-corrected chi connectivity index (χ3v) is 6.51. The fraction of sp³-hybridized carbons (Fsp3) is 0.680. The number of benzene rings is 1. The molecule has 2 aliphatic rings. The van der Waals surface area contributed by atoms with Crippen LogP contribution in [0.1, 0.15) is 52.0 Å². The monoisotopic (exact) mass is 573 g/mol. The Labute approximate surface area is 215 Å². The molecule has 2 heterocycles. The van der Waals surface area contributed by atoms with Crippen molar-refractivity contribution in [2.45, 2.75) is 51.9 Å². The molecule has 0 radical (unpaired) electrons. The van der Waals surface area contributed by atoms with E-state index < -0.39 is 0 Å². The molecule has 1 aromatic rings. The van der Waals surface area contributed by atoms with Gasteiger partial charge < -0.3 is 24.4 Å². The Kier molecular flexibility index (Phi) is 11.7. The summed E-state index contributed by atoms with van der Waals surface area (Å²) in [5, 5.41) is 3.46. The van der Waals surface area contributed by atoms with Gasteiger partial charge in [-0.3, -0.25) is 9.79 Å². The topological polar surface area (TPSA) is 72.4 Å². The molecule has 0 spiro atoms. The molecular formula is C25H40IN3O4. The van der Waals surface area contributed by atoms with Crippen molar-refractivity contribution in [3.8, 4) is 5.75 Å². The maximum atomic E-state index is 12.1. The van der Waals surface area contributed by atoms with E-state index in [0.717, 1.165) is 70.2 Å². The Morgan fingerprint density at radius 1 is 1.12 bits per heavy atom. The van der Waals surface area contributed by atoms with E-state index in [2.05, 4.69) is 41.4 Å². The number of hydrogen-bond acceptors (Lipinski definition) is 5. The van der Waals surface area contributed by atoms with Gasteiger partial charge in [-0.2, -0.15) is 0 Å². The summed E-state index contributed by atoms with van der Waals surface area (Å²) in [7, 11) is 0. The summed E-state index contributed by atoms with van der Waals surface area (Å²) in [4.78, 5) is 19.5. The first-order valence-corrected chi connectivity index (χ1v) is 12.1. The van der Waals surface area contributed by atoms with Crippen molar-refractivity contribution in [2.75, 3.05) is 52.6 Å². The van der Waals surface area contributed by atoms with E-state index in [1.165, 1.54) is 5.56 Å². The van der Waals surface area contributed by atoms with Crippen LogP contribution < -0.4 is 10.1 Å². The number of esters is 1. The number of ether oxygens (including phenoxy) is 3. The van der Waals surface area contributed by atoms with E-state index in [4.69, 9.17) is 19.2 Å². The van der Waals surface area contributed by atoms with Crippen LogP contribution in [0, 0.1) is 5.92 Å². The second-order valence-electron chi connectivity index (χ2n) is 8.53. The van der Waals surface area contributed by atoms with Gasteiger partial charge in [-0.25, -0.2) is 0 Å². The first-order chi connectivity index (χ1) is 15.6. The highest BCUT2D eigenvalue weighted by atomic mass is 127. The molecule has 0 saturated carbocycles. The summed E-state index contributed by atoms with van der Waals surface area (Å²) in [6.45, 7) is 11.7. The normalized spacial score (nSPS) is 18.9. The maximum Gasteiger partial charge on any atom is 0.309 e. The molecule has 186 valence electrons. The van der Waals surface area contributed by atoms with Gasteiger partial charge in [0.05, 0.1) is 25.7 Å². The van der Waals surface area contributed by atoms with Crippen LogP contribution in [0.3, 0.4) is 0 Å². The Hall–Kier alpha value is -1.55. The van der Waals surface area contributed by atoms with Gasteiger partial charge in [-0.05, 0) is 64.2 Å². The third kappa shape index (κ3) is 7.47. The molecule has 2 saturated heterocycles. The summed E-state index contributed by atoms with van der Waals surface area (Å²) in [5.74, 6) is 1.77. The molecule has 0 aromatic heterocycles. The Morgan fingerprint density at radius 2 is 1.79 bits per heavy atom. The number of aliphatic imine (C=N–C) groups is 1. The zero-order valence-electron chi connectivity index (χ0n) is 20.3. The van der Waals surface area contributed by atoms with E-state index in [-0.39, 0.29) is 41.3 Å². The van der Waals surface area contributed by atoms with E-state index in [0.29, 0.717) is 19.8 Å². The lowest BCUT2D eigenvalue weighted by Crippen LogP contribution is -2.47. The van der Waals surface area contributed by atoms with E-state index in [9.17, 15) is 4.79 Å². The minimum Gasteiger partial charge on any atom is -0.494 e. The second-order valence-corrected chi connectivity index (χ2v) is 8.53. The fourth-order valence-corrected chi connectivity index (χ4v) is 4.61. The molecule has 0 bridgehead atoms. The number of carbonyl (C=O) groups excluding carboxylic acids is 1. The van der Waals surface area contributed by atoms with E-state index in [1.807, 2.05) is 13.8 Å². The fourth-order valence-electron chi connectivity index (χ4n) is 4.61. The molecule has 1 N–H and O–H groups in total. The van der Waals surface area contributed by atoms with E-state index in [1.54, 1.807) is 0 Å². The number of likely N-dealkylation sites (tertiary alicyclic amines) is 1. The first kappa shape index (κ1) is 27.7. The standard InChI is InChI=1S/C25H39N3O4.HI/c1-4-26-24(28-15-11-20(12-16-28)23(29)32-6-3)27-19-25(13-17-30-18-14-25)21-7-9-22(10-8-21)31-5-2;/h7-10,20H,4-6,11-19H2,1-3H3,(H,26,27);1H. The van der Waals surface area contributed by atoms with Gasteiger partial charge in [0, 0.05) is 38.3 Å². The van der Waals surface area contributed by atoms with Crippen molar-refractivity contribution >= 4 is 35.9 Å². The molecule has 7 nitrogen and oxygen atoms in total. The summed E-state index contributed by atoms with van der Waals surface area (Å²) in [6.07, 6.45) is 3.52. The molecule has 0 aliphatic carbocycles. The molecule has 33 heavy (non-hydrogen) atoms. The number of guanidine groups is 1.